The summed E-state index contributed by atoms with van der Waals surface area (Å²) in [7, 11) is 4.14. The molecule has 0 spiro atoms. The lowest BCUT2D eigenvalue weighted by molar-refractivity contribution is 0.0972. The van der Waals surface area contributed by atoms with E-state index in [-0.39, 0.29) is 5.78 Å². The first-order valence-corrected chi connectivity index (χ1v) is 13.9. The molecule has 39 heavy (non-hydrogen) atoms. The van der Waals surface area contributed by atoms with Gasteiger partial charge < -0.3 is 14.8 Å². The highest BCUT2D eigenvalue weighted by Gasteiger charge is 2.16. The van der Waals surface area contributed by atoms with E-state index in [4.69, 9.17) is 9.97 Å². The first kappa shape index (κ1) is 25.2. The van der Waals surface area contributed by atoms with Crippen LogP contribution in [0.3, 0.4) is 0 Å². The lowest BCUT2D eigenvalue weighted by Crippen LogP contribution is -2.18. The van der Waals surface area contributed by atoms with Crippen molar-refractivity contribution in [1.82, 2.24) is 29.6 Å². The number of ketones is 1. The molecule has 0 saturated carbocycles. The van der Waals surface area contributed by atoms with Gasteiger partial charge in [-0.2, -0.15) is 5.10 Å². The Morgan fingerprint density at radius 2 is 1.95 bits per heavy atom. The lowest BCUT2D eigenvalue weighted by atomic mass is 10.1. The molecule has 0 aliphatic heterocycles. The fourth-order valence-corrected chi connectivity index (χ4v) is 5.76. The third-order valence-electron chi connectivity index (χ3n) is 6.76. The molecule has 0 fully saturated rings. The summed E-state index contributed by atoms with van der Waals surface area (Å²) in [5.41, 5.74) is 3.72. The fourth-order valence-electron chi connectivity index (χ4n) is 4.71. The molecule has 4 heterocycles. The molecule has 0 radical (unpaired) electrons. The summed E-state index contributed by atoms with van der Waals surface area (Å²) in [5.74, 6) is 1.93. The van der Waals surface area contributed by atoms with Crippen LogP contribution >= 0.6 is 11.3 Å². The van der Waals surface area contributed by atoms with Crippen molar-refractivity contribution in [2.24, 2.45) is 5.92 Å². The molecule has 0 aliphatic rings. The molecule has 0 amide bonds. The highest BCUT2D eigenvalue weighted by Crippen LogP contribution is 2.33. The van der Waals surface area contributed by atoms with Crippen LogP contribution < -0.4 is 5.32 Å². The average molecular weight is 538 g/mol. The summed E-state index contributed by atoms with van der Waals surface area (Å²) in [6, 6.07) is 16.4. The number of H-pyrrole nitrogens is 1. The summed E-state index contributed by atoms with van der Waals surface area (Å²) in [4.78, 5) is 25.7. The molecule has 6 rings (SSSR count). The van der Waals surface area contributed by atoms with E-state index in [9.17, 15) is 4.79 Å². The third kappa shape index (κ3) is 5.15. The normalized spacial score (nSPS) is 11.9. The third-order valence-corrected chi connectivity index (χ3v) is 7.90. The maximum atomic E-state index is 12.7. The smallest absolute Gasteiger partial charge is 0.173 e. The summed E-state index contributed by atoms with van der Waals surface area (Å²) >= 11 is 1.54. The molecule has 0 saturated heterocycles. The molecule has 198 valence electrons. The number of nitrogens with one attached hydrogen (secondary N) is 2. The van der Waals surface area contributed by atoms with Gasteiger partial charge in [-0.25, -0.2) is 9.97 Å². The lowest BCUT2D eigenvalue weighted by Gasteiger charge is -2.13. The number of carbonyl (C=O) groups is 1. The number of carbonyl (C=O) groups excluding carboxylic acids is 1. The van der Waals surface area contributed by atoms with Crippen molar-refractivity contribution in [2.45, 2.75) is 26.8 Å². The second kappa shape index (κ2) is 10.2. The Labute approximate surface area is 230 Å². The molecular formula is C30H31N7OS. The van der Waals surface area contributed by atoms with Crippen molar-refractivity contribution in [3.8, 4) is 11.4 Å². The second-order valence-electron chi connectivity index (χ2n) is 10.6. The zero-order valence-corrected chi connectivity index (χ0v) is 23.3. The van der Waals surface area contributed by atoms with Gasteiger partial charge in [-0.15, -0.1) is 11.3 Å². The van der Waals surface area contributed by atoms with Gasteiger partial charge in [0.15, 0.2) is 11.6 Å². The number of likely N-dealkylation sites (N-methyl/N-ethyl adjacent to an activating group) is 1. The number of nitrogens with zero attached hydrogens (tertiary/aromatic N) is 5. The maximum Gasteiger partial charge on any atom is 0.173 e. The van der Waals surface area contributed by atoms with Crippen LogP contribution in [0.15, 0.2) is 60.9 Å². The fraction of sp³-hybridized carbons (Fsp3) is 0.267. The summed E-state index contributed by atoms with van der Waals surface area (Å²) in [6.07, 6.45) is 4.45. The predicted octanol–water partition coefficient (Wildman–Crippen LogP) is 6.72. The number of anilines is 2. The number of aromatic nitrogens is 5. The zero-order chi connectivity index (χ0) is 27.1. The Hall–Kier alpha value is -4.08. The summed E-state index contributed by atoms with van der Waals surface area (Å²) in [5, 5.41) is 13.7. The van der Waals surface area contributed by atoms with E-state index < -0.39 is 0 Å². The molecule has 9 heteroatoms. The Morgan fingerprint density at radius 3 is 2.77 bits per heavy atom. The summed E-state index contributed by atoms with van der Waals surface area (Å²) in [6.45, 7) is 5.87. The molecule has 4 aromatic heterocycles. The second-order valence-corrected chi connectivity index (χ2v) is 11.7. The molecule has 0 unspecified atom stereocenters. The molecule has 0 atom stereocenters. The van der Waals surface area contributed by atoms with Crippen molar-refractivity contribution in [3.05, 3.63) is 65.8 Å². The first-order valence-electron chi connectivity index (χ1n) is 13.1. The van der Waals surface area contributed by atoms with E-state index in [1.165, 1.54) is 0 Å². The van der Waals surface area contributed by atoms with Crippen LogP contribution in [0.1, 0.15) is 29.9 Å². The standard InChI is InChI=1S/C30H31N7OS/c1-18(2)13-25(38)27-15-19-5-6-20(16-26(19)39-27)28-33-29(32-22-7-8-24-21(14-22)17-31-35-24)23-9-10-37(30(23)34-28)12-11-36(3)4/h5-10,14-18H,11-13H2,1-4H3,(H,31,35)(H,32,33,34). The van der Waals surface area contributed by atoms with Crippen molar-refractivity contribution in [2.75, 3.05) is 26.0 Å². The zero-order valence-electron chi connectivity index (χ0n) is 22.5. The van der Waals surface area contributed by atoms with Crippen LogP contribution in [0.4, 0.5) is 11.5 Å². The van der Waals surface area contributed by atoms with E-state index in [1.807, 2.05) is 30.5 Å². The SMILES string of the molecule is CC(C)CC(=O)c1cc2ccc(-c3nc(Nc4ccc5[nH]ncc5c4)c4ccn(CCN(C)C)c4n3)cc2s1. The van der Waals surface area contributed by atoms with E-state index in [0.717, 1.165) is 67.1 Å². The molecule has 0 aliphatic carbocycles. The van der Waals surface area contributed by atoms with E-state index >= 15 is 0 Å². The highest BCUT2D eigenvalue weighted by atomic mass is 32.1. The number of fused-ring (bicyclic) bond motifs is 3. The van der Waals surface area contributed by atoms with Crippen LogP contribution in [-0.2, 0) is 6.54 Å². The Morgan fingerprint density at radius 1 is 1.08 bits per heavy atom. The Kier molecular flexibility index (Phi) is 6.62. The van der Waals surface area contributed by atoms with Gasteiger partial charge in [0.1, 0.15) is 11.5 Å². The van der Waals surface area contributed by atoms with Crippen molar-refractivity contribution in [3.63, 3.8) is 0 Å². The maximum absolute atomic E-state index is 12.7. The van der Waals surface area contributed by atoms with Gasteiger partial charge in [0.05, 0.1) is 22.0 Å². The van der Waals surface area contributed by atoms with Gasteiger partial charge in [0.25, 0.3) is 0 Å². The quantitative estimate of drug-likeness (QED) is 0.199. The molecule has 0 bridgehead atoms. The Bertz CT molecular complexity index is 1810. The number of rotatable bonds is 9. The van der Waals surface area contributed by atoms with E-state index in [0.29, 0.717) is 18.2 Å². The van der Waals surface area contributed by atoms with Crippen molar-refractivity contribution in [1.29, 1.82) is 0 Å². The van der Waals surface area contributed by atoms with Gasteiger partial charge in [0.2, 0.25) is 0 Å². The molecule has 8 nitrogen and oxygen atoms in total. The largest absolute Gasteiger partial charge is 0.340 e. The van der Waals surface area contributed by atoms with Gasteiger partial charge >= 0.3 is 0 Å². The highest BCUT2D eigenvalue weighted by molar-refractivity contribution is 7.20. The number of hydrogen-bond donors (Lipinski definition) is 2. The van der Waals surface area contributed by atoms with Gasteiger partial charge in [-0.3, -0.25) is 9.89 Å². The van der Waals surface area contributed by atoms with Crippen molar-refractivity contribution < 1.29 is 4.79 Å². The van der Waals surface area contributed by atoms with Gasteiger partial charge in [0, 0.05) is 47.0 Å². The number of thiophene rings is 1. The van der Waals surface area contributed by atoms with Crippen molar-refractivity contribution >= 4 is 60.6 Å². The average Bonchev–Trinajstić information content (AvgIpc) is 3.64. The predicted molar refractivity (Wildman–Crippen MR) is 160 cm³/mol. The molecule has 6 aromatic rings. The monoisotopic (exact) mass is 537 g/mol. The van der Waals surface area contributed by atoms with Gasteiger partial charge in [-0.1, -0.05) is 26.0 Å². The van der Waals surface area contributed by atoms with Crippen LogP contribution in [-0.4, -0.2) is 56.1 Å². The van der Waals surface area contributed by atoms with Gasteiger partial charge in [-0.05, 0) is 61.8 Å². The number of benzene rings is 2. The molecule has 2 aromatic carbocycles. The minimum Gasteiger partial charge on any atom is -0.340 e. The minimum absolute atomic E-state index is 0.199. The topological polar surface area (TPSA) is 91.7 Å². The van der Waals surface area contributed by atoms with E-state index in [2.05, 4.69) is 83.4 Å². The van der Waals surface area contributed by atoms with Crippen LogP contribution in [0.2, 0.25) is 0 Å². The molecular weight excluding hydrogens is 506 g/mol. The summed E-state index contributed by atoms with van der Waals surface area (Å²) < 4.78 is 3.24. The van der Waals surface area contributed by atoms with Crippen LogP contribution in [0.25, 0.3) is 43.4 Å². The first-order chi connectivity index (χ1) is 18.8. The van der Waals surface area contributed by atoms with Crippen LogP contribution in [0.5, 0.6) is 0 Å². The van der Waals surface area contributed by atoms with E-state index in [1.54, 1.807) is 11.3 Å². The Balaban J connectivity index is 1.43. The number of hydrogen-bond acceptors (Lipinski definition) is 7. The minimum atomic E-state index is 0.199. The van der Waals surface area contributed by atoms with Crippen LogP contribution in [0, 0.1) is 5.92 Å². The molecule has 2 N–H and O–H groups in total. The number of aromatic amines is 1. The number of Topliss-reactive ketones (excluding diaryl/α,β-unsaturated/α-hetero) is 1.